The molecule has 1 aliphatic heterocycles. The Labute approximate surface area is 157 Å². The Bertz CT molecular complexity index is 851. The normalized spacial score (nSPS) is 15.6. The molecule has 3 rings (SSSR count). The summed E-state index contributed by atoms with van der Waals surface area (Å²) in [6.45, 7) is 6.67. The largest absolute Gasteiger partial charge is 0.490 e. The van der Waals surface area contributed by atoms with Gasteiger partial charge >= 0.3 is 12.1 Å². The van der Waals surface area contributed by atoms with E-state index in [1.165, 1.54) is 12.3 Å². The molecule has 1 aromatic heterocycles. The number of carbonyl (C=O) groups is 2. The molecule has 2 heterocycles. The third-order valence-electron chi connectivity index (χ3n) is 4.34. The van der Waals surface area contributed by atoms with Gasteiger partial charge in [0, 0.05) is 37.5 Å². The zero-order valence-corrected chi connectivity index (χ0v) is 15.8. The standard InChI is InChI=1S/C20H24N2O5/c1-20(2,3)27-19(25)22-10-7-13(8-11-22)26-14-4-5-17-16(12-14)15(18(23)24)6-9-21-17/h4-6,9,12-13H,7-8,10-11H2,1-3H3,(H,23,24). The third kappa shape index (κ3) is 4.67. The summed E-state index contributed by atoms with van der Waals surface area (Å²) in [6, 6.07) is 6.74. The lowest BCUT2D eigenvalue weighted by atomic mass is 10.1. The third-order valence-corrected chi connectivity index (χ3v) is 4.34. The second-order valence-corrected chi connectivity index (χ2v) is 7.63. The second kappa shape index (κ2) is 7.42. The van der Waals surface area contributed by atoms with Crippen LogP contribution in [0, 0.1) is 0 Å². The van der Waals surface area contributed by atoms with Gasteiger partial charge in [-0.1, -0.05) is 0 Å². The van der Waals surface area contributed by atoms with Crippen LogP contribution in [0.5, 0.6) is 5.75 Å². The number of hydrogen-bond acceptors (Lipinski definition) is 5. The number of amides is 1. The van der Waals surface area contributed by atoms with Crippen molar-refractivity contribution in [1.82, 2.24) is 9.88 Å². The second-order valence-electron chi connectivity index (χ2n) is 7.63. The summed E-state index contributed by atoms with van der Waals surface area (Å²) in [7, 11) is 0. The number of pyridine rings is 1. The van der Waals surface area contributed by atoms with Gasteiger partial charge < -0.3 is 19.5 Å². The maximum absolute atomic E-state index is 12.1. The van der Waals surface area contributed by atoms with Crippen LogP contribution in [0.2, 0.25) is 0 Å². The number of hydrogen-bond donors (Lipinski definition) is 1. The molecule has 7 heteroatoms. The molecule has 1 amide bonds. The molecular formula is C20H24N2O5. The summed E-state index contributed by atoms with van der Waals surface area (Å²) in [5, 5.41) is 9.89. The minimum absolute atomic E-state index is 0.0360. The number of carbonyl (C=O) groups excluding carboxylic acids is 1. The predicted octanol–water partition coefficient (Wildman–Crippen LogP) is 3.71. The van der Waals surface area contributed by atoms with Crippen LogP contribution < -0.4 is 4.74 Å². The lowest BCUT2D eigenvalue weighted by Gasteiger charge is -2.33. The fourth-order valence-corrected chi connectivity index (χ4v) is 3.06. The van der Waals surface area contributed by atoms with Crippen LogP contribution in [0.15, 0.2) is 30.5 Å². The van der Waals surface area contributed by atoms with E-state index in [0.717, 1.165) is 0 Å². The quantitative estimate of drug-likeness (QED) is 0.883. The summed E-state index contributed by atoms with van der Waals surface area (Å²) in [5.41, 5.74) is 0.304. The molecule has 27 heavy (non-hydrogen) atoms. The molecule has 1 saturated heterocycles. The average molecular weight is 372 g/mol. The van der Waals surface area contributed by atoms with E-state index >= 15 is 0 Å². The van der Waals surface area contributed by atoms with Crippen LogP contribution in [0.1, 0.15) is 44.0 Å². The molecule has 0 saturated carbocycles. The molecule has 1 aliphatic rings. The Morgan fingerprint density at radius 1 is 1.19 bits per heavy atom. The average Bonchev–Trinajstić information content (AvgIpc) is 2.60. The molecule has 0 spiro atoms. The number of aromatic carboxylic acids is 1. The Hall–Kier alpha value is -2.83. The van der Waals surface area contributed by atoms with E-state index in [1.807, 2.05) is 20.8 Å². The van der Waals surface area contributed by atoms with Crippen molar-refractivity contribution < 1.29 is 24.2 Å². The Morgan fingerprint density at radius 2 is 1.89 bits per heavy atom. The van der Waals surface area contributed by atoms with Crippen molar-refractivity contribution in [2.75, 3.05) is 13.1 Å². The van der Waals surface area contributed by atoms with E-state index in [9.17, 15) is 14.7 Å². The number of aromatic nitrogens is 1. The van der Waals surface area contributed by atoms with Crippen LogP contribution >= 0.6 is 0 Å². The van der Waals surface area contributed by atoms with Gasteiger partial charge in [0.1, 0.15) is 17.5 Å². The summed E-state index contributed by atoms with van der Waals surface area (Å²) >= 11 is 0. The Morgan fingerprint density at radius 3 is 2.52 bits per heavy atom. The summed E-state index contributed by atoms with van der Waals surface area (Å²) in [6.07, 6.45) is 2.53. The minimum atomic E-state index is -0.995. The van der Waals surface area contributed by atoms with Crippen molar-refractivity contribution in [3.63, 3.8) is 0 Å². The van der Waals surface area contributed by atoms with Gasteiger partial charge in [-0.25, -0.2) is 9.59 Å². The maximum Gasteiger partial charge on any atom is 0.410 e. The van der Waals surface area contributed by atoms with E-state index in [2.05, 4.69) is 4.98 Å². The van der Waals surface area contributed by atoms with Gasteiger partial charge in [-0.05, 0) is 45.0 Å². The number of carboxylic acid groups (broad SMARTS) is 1. The fraction of sp³-hybridized carbons (Fsp3) is 0.450. The van der Waals surface area contributed by atoms with Crippen molar-refractivity contribution >= 4 is 23.0 Å². The van der Waals surface area contributed by atoms with Gasteiger partial charge in [0.15, 0.2) is 0 Å². The lowest BCUT2D eigenvalue weighted by Crippen LogP contribution is -2.44. The van der Waals surface area contributed by atoms with Gasteiger partial charge in [-0.2, -0.15) is 0 Å². The summed E-state index contributed by atoms with van der Waals surface area (Å²) in [5.74, 6) is -0.390. The summed E-state index contributed by atoms with van der Waals surface area (Å²) in [4.78, 5) is 29.4. The Kier molecular flexibility index (Phi) is 5.21. The van der Waals surface area contributed by atoms with Crippen molar-refractivity contribution in [2.45, 2.75) is 45.3 Å². The topological polar surface area (TPSA) is 89.0 Å². The van der Waals surface area contributed by atoms with Gasteiger partial charge in [0.2, 0.25) is 0 Å². The van der Waals surface area contributed by atoms with Crippen molar-refractivity contribution in [3.8, 4) is 5.75 Å². The number of fused-ring (bicyclic) bond motifs is 1. The zero-order chi connectivity index (χ0) is 19.6. The van der Waals surface area contributed by atoms with Gasteiger partial charge in [-0.15, -0.1) is 0 Å². The fourth-order valence-electron chi connectivity index (χ4n) is 3.06. The molecule has 1 aromatic carbocycles. The molecule has 7 nitrogen and oxygen atoms in total. The molecular weight excluding hydrogens is 348 g/mol. The van der Waals surface area contributed by atoms with Crippen LogP contribution in [-0.2, 0) is 4.74 Å². The zero-order valence-electron chi connectivity index (χ0n) is 15.8. The van der Waals surface area contributed by atoms with Gasteiger partial charge in [0.25, 0.3) is 0 Å². The highest BCUT2D eigenvalue weighted by atomic mass is 16.6. The van der Waals surface area contributed by atoms with E-state index in [0.29, 0.717) is 42.6 Å². The number of piperidine rings is 1. The first kappa shape index (κ1) is 18.9. The highest BCUT2D eigenvalue weighted by Crippen LogP contribution is 2.26. The lowest BCUT2D eigenvalue weighted by molar-refractivity contribution is 0.0126. The van der Waals surface area contributed by atoms with Gasteiger partial charge in [-0.3, -0.25) is 4.98 Å². The first-order valence-electron chi connectivity index (χ1n) is 8.99. The predicted molar refractivity (Wildman–Crippen MR) is 100 cm³/mol. The summed E-state index contributed by atoms with van der Waals surface area (Å²) < 4.78 is 11.4. The monoisotopic (exact) mass is 372 g/mol. The van der Waals surface area contributed by atoms with Crippen LogP contribution in [0.3, 0.4) is 0 Å². The molecule has 1 N–H and O–H groups in total. The first-order chi connectivity index (χ1) is 12.7. The van der Waals surface area contributed by atoms with Crippen molar-refractivity contribution in [1.29, 1.82) is 0 Å². The van der Waals surface area contributed by atoms with Crippen molar-refractivity contribution in [2.24, 2.45) is 0 Å². The molecule has 144 valence electrons. The van der Waals surface area contributed by atoms with Crippen LogP contribution in [-0.4, -0.2) is 51.8 Å². The number of rotatable bonds is 3. The molecule has 0 aliphatic carbocycles. The maximum atomic E-state index is 12.1. The highest BCUT2D eigenvalue weighted by molar-refractivity contribution is 6.02. The number of carboxylic acids is 1. The Balaban J connectivity index is 1.65. The minimum Gasteiger partial charge on any atom is -0.490 e. The smallest absolute Gasteiger partial charge is 0.410 e. The van der Waals surface area contributed by atoms with Gasteiger partial charge in [0.05, 0.1) is 11.1 Å². The van der Waals surface area contributed by atoms with E-state index in [-0.39, 0.29) is 17.8 Å². The molecule has 0 radical (unpaired) electrons. The first-order valence-corrected chi connectivity index (χ1v) is 8.99. The molecule has 0 unspecified atom stereocenters. The van der Waals surface area contributed by atoms with Crippen molar-refractivity contribution in [3.05, 3.63) is 36.0 Å². The van der Waals surface area contributed by atoms with Crippen LogP contribution in [0.25, 0.3) is 10.9 Å². The van der Waals surface area contributed by atoms with E-state index in [1.54, 1.807) is 23.1 Å². The highest BCUT2D eigenvalue weighted by Gasteiger charge is 2.27. The number of likely N-dealkylation sites (tertiary alicyclic amines) is 1. The SMILES string of the molecule is CC(C)(C)OC(=O)N1CCC(Oc2ccc3nccc(C(=O)O)c3c2)CC1. The number of nitrogens with zero attached hydrogens (tertiary/aromatic N) is 2. The van der Waals surface area contributed by atoms with E-state index in [4.69, 9.17) is 9.47 Å². The number of benzene rings is 1. The number of ether oxygens (including phenoxy) is 2. The molecule has 0 bridgehead atoms. The van der Waals surface area contributed by atoms with Crippen LogP contribution in [0.4, 0.5) is 4.79 Å². The molecule has 1 fully saturated rings. The molecule has 2 aromatic rings. The van der Waals surface area contributed by atoms with E-state index < -0.39 is 11.6 Å². The molecule has 0 atom stereocenters.